The Balaban J connectivity index is 1.31. The van der Waals surface area contributed by atoms with Gasteiger partial charge in [0, 0.05) is 61.0 Å². The van der Waals surface area contributed by atoms with Crippen molar-refractivity contribution in [1.82, 2.24) is 35.8 Å². The van der Waals surface area contributed by atoms with E-state index in [0.717, 1.165) is 29.3 Å². The molecule has 11 nitrogen and oxygen atoms in total. The number of amides is 4. The van der Waals surface area contributed by atoms with Crippen LogP contribution in [0, 0.1) is 11.8 Å². The first-order chi connectivity index (χ1) is 22.2. The lowest BCUT2D eigenvalue weighted by Crippen LogP contribution is -2.55. The molecule has 4 aromatic rings. The van der Waals surface area contributed by atoms with Crippen LogP contribution in [0.4, 0.5) is 0 Å². The van der Waals surface area contributed by atoms with Gasteiger partial charge in [-0.25, -0.2) is 0 Å². The molecule has 2 aromatic heterocycles. The Kier molecular flexibility index (Phi) is 9.01. The summed E-state index contributed by atoms with van der Waals surface area (Å²) in [6.07, 6.45) is 7.25. The summed E-state index contributed by atoms with van der Waals surface area (Å²) in [4.78, 5) is 68.7. The number of rotatable bonds is 5. The lowest BCUT2D eigenvalue weighted by atomic mass is 9.92. The normalized spacial score (nSPS) is 24.6. The summed E-state index contributed by atoms with van der Waals surface area (Å²) in [7, 11) is 0. The Morgan fingerprint density at radius 2 is 1.83 bits per heavy atom. The van der Waals surface area contributed by atoms with E-state index >= 15 is 0 Å². The Morgan fingerprint density at radius 1 is 1.02 bits per heavy atom. The quantitative estimate of drug-likeness (QED) is 0.267. The summed E-state index contributed by atoms with van der Waals surface area (Å²) < 4.78 is 0. The predicted molar refractivity (Wildman–Crippen MR) is 175 cm³/mol. The Labute approximate surface area is 267 Å². The van der Waals surface area contributed by atoms with Crippen LogP contribution < -0.4 is 16.0 Å². The molecule has 5 atom stereocenters. The smallest absolute Gasteiger partial charge is 0.253 e. The Hall–Kier alpha value is -4.80. The molecule has 0 spiro atoms. The number of H-pyrrole nitrogens is 1. The van der Waals surface area contributed by atoms with E-state index in [0.29, 0.717) is 16.6 Å². The highest BCUT2D eigenvalue weighted by atomic mass is 16.2. The van der Waals surface area contributed by atoms with E-state index in [1.807, 2.05) is 37.4 Å². The second kappa shape index (κ2) is 13.3. The summed E-state index contributed by atoms with van der Waals surface area (Å²) in [5.41, 5.74) is 3.29. The van der Waals surface area contributed by atoms with Gasteiger partial charge in [0.15, 0.2) is 0 Å². The van der Waals surface area contributed by atoms with Crippen molar-refractivity contribution in [2.45, 2.75) is 77.0 Å². The molecule has 2 aliphatic rings. The van der Waals surface area contributed by atoms with Crippen LogP contribution in [0.5, 0.6) is 0 Å². The van der Waals surface area contributed by atoms with Crippen molar-refractivity contribution in [3.8, 4) is 0 Å². The fourth-order valence-corrected chi connectivity index (χ4v) is 6.78. The maximum absolute atomic E-state index is 14.4. The molecule has 240 valence electrons. The predicted octanol–water partition coefficient (Wildman–Crippen LogP) is 3.50. The van der Waals surface area contributed by atoms with E-state index in [-0.39, 0.29) is 67.3 Å². The minimum Gasteiger partial charge on any atom is -0.361 e. The van der Waals surface area contributed by atoms with Crippen molar-refractivity contribution in [2.24, 2.45) is 11.8 Å². The molecule has 6 rings (SSSR count). The van der Waals surface area contributed by atoms with Crippen molar-refractivity contribution in [1.29, 1.82) is 0 Å². The van der Waals surface area contributed by atoms with E-state index in [4.69, 9.17) is 0 Å². The van der Waals surface area contributed by atoms with Gasteiger partial charge in [0.1, 0.15) is 17.6 Å². The number of carbonyl (C=O) groups is 4. The van der Waals surface area contributed by atoms with Gasteiger partial charge in [-0.05, 0) is 54.9 Å². The van der Waals surface area contributed by atoms with Gasteiger partial charge in [0.2, 0.25) is 17.7 Å². The summed E-state index contributed by atoms with van der Waals surface area (Å²) in [6, 6.07) is 10.7. The number of hydrogen-bond acceptors (Lipinski definition) is 6. The lowest BCUT2D eigenvalue weighted by Gasteiger charge is -2.30. The number of fused-ring (bicyclic) bond motifs is 3. The maximum atomic E-state index is 14.4. The van der Waals surface area contributed by atoms with Gasteiger partial charge in [-0.1, -0.05) is 45.0 Å². The van der Waals surface area contributed by atoms with Crippen molar-refractivity contribution < 1.29 is 19.2 Å². The molecule has 4 amide bonds. The number of carbonyl (C=O) groups excluding carboxylic acids is 4. The second-order valence-electron chi connectivity index (χ2n) is 13.1. The molecule has 0 unspecified atom stereocenters. The largest absolute Gasteiger partial charge is 0.361 e. The number of aromatic amines is 1. The molecular weight excluding hydrogens is 582 g/mol. The van der Waals surface area contributed by atoms with Crippen molar-refractivity contribution in [2.75, 3.05) is 6.54 Å². The SMILES string of the molecule is CC(C)[C@@H]1CC[C@@H](C)CC(=O)N[C@H](Cc2c[nH]c3ccccc23)C(=O)N2C[C@H](NC(=O)c3cccc4nccnc34)C[C@H]2C(=O)N1. The van der Waals surface area contributed by atoms with Crippen LogP contribution in [0.1, 0.15) is 62.4 Å². The van der Waals surface area contributed by atoms with Crippen LogP contribution in [0.2, 0.25) is 0 Å². The highest BCUT2D eigenvalue weighted by Crippen LogP contribution is 2.26. The van der Waals surface area contributed by atoms with Crippen LogP contribution in [0.25, 0.3) is 21.9 Å². The van der Waals surface area contributed by atoms with Gasteiger partial charge >= 0.3 is 0 Å². The molecule has 11 heteroatoms. The van der Waals surface area contributed by atoms with Gasteiger partial charge < -0.3 is 25.8 Å². The fourth-order valence-electron chi connectivity index (χ4n) is 6.78. The first-order valence-corrected chi connectivity index (χ1v) is 16.1. The molecule has 46 heavy (non-hydrogen) atoms. The molecule has 0 radical (unpaired) electrons. The number of benzene rings is 2. The fraction of sp³-hybridized carbons (Fsp3) is 0.429. The number of nitrogens with one attached hydrogen (secondary N) is 4. The molecular formula is C35H41N7O4. The molecule has 2 fully saturated rings. The molecule has 4 N–H and O–H groups in total. The zero-order chi connectivity index (χ0) is 32.4. The third kappa shape index (κ3) is 6.59. The standard InChI is InChI=1S/C35H41N7O4/c1-20(2)26-12-11-21(3)15-31(43)40-29(16-22-18-38-27-9-5-4-7-24(22)27)35(46)42-19-23(17-30(42)34(45)41-26)39-33(44)25-8-6-10-28-32(25)37-14-13-36-28/h4-10,13-14,18,20-21,23,26,29-30,38H,11-12,15-17,19H2,1-3H3,(H,39,44)(H,40,43)(H,41,45)/t21-,23-,26+,29-,30+/m1/s1. The average molecular weight is 624 g/mol. The highest BCUT2D eigenvalue weighted by molar-refractivity contribution is 6.05. The highest BCUT2D eigenvalue weighted by Gasteiger charge is 2.43. The van der Waals surface area contributed by atoms with Crippen molar-refractivity contribution >= 4 is 45.6 Å². The summed E-state index contributed by atoms with van der Waals surface area (Å²) in [5.74, 6) is -0.887. The first kappa shape index (κ1) is 31.2. The van der Waals surface area contributed by atoms with E-state index in [1.165, 1.54) is 0 Å². The molecule has 2 aromatic carbocycles. The summed E-state index contributed by atoms with van der Waals surface area (Å²) in [5, 5.41) is 10.3. The first-order valence-electron chi connectivity index (χ1n) is 16.1. The molecule has 0 bridgehead atoms. The third-order valence-corrected chi connectivity index (χ3v) is 9.33. The lowest BCUT2D eigenvalue weighted by molar-refractivity contribution is -0.141. The molecule has 0 saturated carbocycles. The topological polar surface area (TPSA) is 149 Å². The molecule has 2 aliphatic heterocycles. The van der Waals surface area contributed by atoms with Crippen LogP contribution in [-0.2, 0) is 20.8 Å². The van der Waals surface area contributed by atoms with Gasteiger partial charge in [-0.2, -0.15) is 0 Å². The number of aromatic nitrogens is 3. The Bertz CT molecular complexity index is 1760. The zero-order valence-electron chi connectivity index (χ0n) is 26.5. The second-order valence-corrected chi connectivity index (χ2v) is 13.1. The monoisotopic (exact) mass is 623 g/mol. The van der Waals surface area contributed by atoms with Gasteiger partial charge in [0.05, 0.1) is 11.1 Å². The Morgan fingerprint density at radius 3 is 2.65 bits per heavy atom. The van der Waals surface area contributed by atoms with E-state index in [1.54, 1.807) is 35.5 Å². The molecule has 4 heterocycles. The number of para-hydroxylation sites is 2. The maximum Gasteiger partial charge on any atom is 0.253 e. The summed E-state index contributed by atoms with van der Waals surface area (Å²) >= 11 is 0. The molecule has 0 aliphatic carbocycles. The van der Waals surface area contributed by atoms with Gasteiger partial charge in [-0.3, -0.25) is 29.1 Å². The van der Waals surface area contributed by atoms with Crippen molar-refractivity contribution in [3.63, 3.8) is 0 Å². The van der Waals surface area contributed by atoms with Crippen LogP contribution in [-0.4, -0.2) is 74.2 Å². The van der Waals surface area contributed by atoms with Gasteiger partial charge in [-0.15, -0.1) is 0 Å². The van der Waals surface area contributed by atoms with Crippen molar-refractivity contribution in [3.05, 3.63) is 72.2 Å². The minimum absolute atomic E-state index is 0.0842. The van der Waals surface area contributed by atoms with E-state index in [9.17, 15) is 19.2 Å². The third-order valence-electron chi connectivity index (χ3n) is 9.33. The van der Waals surface area contributed by atoms with Crippen LogP contribution in [0.15, 0.2) is 61.1 Å². The average Bonchev–Trinajstić information content (AvgIpc) is 3.65. The van der Waals surface area contributed by atoms with E-state index < -0.39 is 18.1 Å². The number of hydrogen-bond donors (Lipinski definition) is 4. The van der Waals surface area contributed by atoms with E-state index in [2.05, 4.69) is 44.7 Å². The molecule has 2 saturated heterocycles. The number of nitrogens with zero attached hydrogens (tertiary/aromatic N) is 3. The summed E-state index contributed by atoms with van der Waals surface area (Å²) in [6.45, 7) is 6.28. The minimum atomic E-state index is -0.890. The van der Waals surface area contributed by atoms with Gasteiger partial charge in [0.25, 0.3) is 5.91 Å². The zero-order valence-corrected chi connectivity index (χ0v) is 26.5. The van der Waals surface area contributed by atoms with Crippen LogP contribution in [0.3, 0.4) is 0 Å². The van der Waals surface area contributed by atoms with Crippen LogP contribution >= 0.6 is 0 Å².